The number of carbonyl (C=O) groups is 2. The van der Waals surface area contributed by atoms with Gasteiger partial charge in [-0.25, -0.2) is 9.78 Å². The number of rotatable bonds is 4. The summed E-state index contributed by atoms with van der Waals surface area (Å²) in [4.78, 5) is 26.8. The van der Waals surface area contributed by atoms with Crippen molar-refractivity contribution in [2.75, 3.05) is 7.11 Å². The second-order valence-electron chi connectivity index (χ2n) is 3.88. The Hall–Kier alpha value is -2.11. The molecule has 108 valence electrons. The summed E-state index contributed by atoms with van der Waals surface area (Å²) in [6, 6.07) is 7.50. The molecule has 2 aromatic rings. The van der Waals surface area contributed by atoms with Crippen molar-refractivity contribution in [3.63, 3.8) is 0 Å². The van der Waals surface area contributed by atoms with Gasteiger partial charge in [-0.05, 0) is 18.2 Å². The molecule has 21 heavy (non-hydrogen) atoms. The molecule has 0 radical (unpaired) electrons. The van der Waals surface area contributed by atoms with Gasteiger partial charge in [0, 0.05) is 23.9 Å². The maximum absolute atomic E-state index is 11.7. The molecule has 0 aliphatic heterocycles. The molecule has 0 bridgehead atoms. The molecule has 0 N–H and O–H groups in total. The van der Waals surface area contributed by atoms with Crippen LogP contribution in [0.4, 0.5) is 0 Å². The van der Waals surface area contributed by atoms with Gasteiger partial charge in [0.2, 0.25) is 5.88 Å². The molecule has 0 fully saturated rings. The Balaban J connectivity index is 2.21. The van der Waals surface area contributed by atoms with E-state index in [1.54, 1.807) is 12.1 Å². The average Bonchev–Trinajstić information content (AvgIpc) is 2.48. The third kappa shape index (κ3) is 3.71. The standard InChI is InChI=1S/C14H9Cl2NO4/c1-20-14(19)13(18)10-4-3-9(6-11(10)16)21-12-5-2-8(15)7-17-12/h2-7H,1H3. The van der Waals surface area contributed by atoms with Gasteiger partial charge in [0.25, 0.3) is 5.78 Å². The summed E-state index contributed by atoms with van der Waals surface area (Å²) < 4.78 is 9.81. The molecule has 0 saturated heterocycles. The van der Waals surface area contributed by atoms with Crippen LogP contribution >= 0.6 is 23.2 Å². The predicted molar refractivity (Wildman–Crippen MR) is 77.1 cm³/mol. The van der Waals surface area contributed by atoms with Crippen molar-refractivity contribution in [1.29, 1.82) is 0 Å². The first-order valence-electron chi connectivity index (χ1n) is 5.73. The topological polar surface area (TPSA) is 65.5 Å². The fraction of sp³-hybridized carbons (Fsp3) is 0.0714. The third-order valence-corrected chi connectivity index (χ3v) is 3.01. The van der Waals surface area contributed by atoms with Crippen molar-refractivity contribution in [3.05, 3.63) is 52.1 Å². The molecule has 1 aromatic carbocycles. The molecule has 1 aromatic heterocycles. The molecule has 0 saturated carbocycles. The molecule has 0 aliphatic rings. The Morgan fingerprint density at radius 1 is 1.14 bits per heavy atom. The number of ketones is 1. The van der Waals surface area contributed by atoms with Gasteiger partial charge in [-0.3, -0.25) is 4.79 Å². The first kappa shape index (κ1) is 15.3. The van der Waals surface area contributed by atoms with Crippen LogP contribution in [0.2, 0.25) is 10.0 Å². The SMILES string of the molecule is COC(=O)C(=O)c1ccc(Oc2ccc(Cl)cn2)cc1Cl. The zero-order chi connectivity index (χ0) is 15.4. The third-order valence-electron chi connectivity index (χ3n) is 2.48. The largest absolute Gasteiger partial charge is 0.463 e. The highest BCUT2D eigenvalue weighted by Gasteiger charge is 2.20. The molecule has 5 nitrogen and oxygen atoms in total. The van der Waals surface area contributed by atoms with Gasteiger partial charge >= 0.3 is 5.97 Å². The Bertz CT molecular complexity index is 686. The van der Waals surface area contributed by atoms with Crippen LogP contribution in [0.5, 0.6) is 11.6 Å². The second-order valence-corrected chi connectivity index (χ2v) is 4.72. The summed E-state index contributed by atoms with van der Waals surface area (Å²) in [6.07, 6.45) is 1.44. The van der Waals surface area contributed by atoms with E-state index in [9.17, 15) is 9.59 Å². The van der Waals surface area contributed by atoms with E-state index in [4.69, 9.17) is 27.9 Å². The van der Waals surface area contributed by atoms with E-state index >= 15 is 0 Å². The summed E-state index contributed by atoms with van der Waals surface area (Å²) in [7, 11) is 1.12. The lowest BCUT2D eigenvalue weighted by atomic mass is 10.1. The van der Waals surface area contributed by atoms with E-state index in [1.807, 2.05) is 0 Å². The summed E-state index contributed by atoms with van der Waals surface area (Å²) in [6.45, 7) is 0. The van der Waals surface area contributed by atoms with Gasteiger partial charge in [0.1, 0.15) is 5.75 Å². The fourth-order valence-corrected chi connectivity index (χ4v) is 1.86. The molecule has 1 heterocycles. The number of pyridine rings is 1. The predicted octanol–water partition coefficient (Wildman–Crippen LogP) is 3.54. The van der Waals surface area contributed by atoms with Crippen molar-refractivity contribution < 1.29 is 19.1 Å². The molecular formula is C14H9Cl2NO4. The number of aromatic nitrogens is 1. The highest BCUT2D eigenvalue weighted by Crippen LogP contribution is 2.26. The van der Waals surface area contributed by atoms with Crippen LogP contribution in [-0.4, -0.2) is 23.8 Å². The number of esters is 1. The number of benzene rings is 1. The van der Waals surface area contributed by atoms with Crippen LogP contribution in [0.3, 0.4) is 0 Å². The number of halogens is 2. The van der Waals surface area contributed by atoms with E-state index in [0.29, 0.717) is 16.7 Å². The lowest BCUT2D eigenvalue weighted by molar-refractivity contribution is -0.135. The number of hydrogen-bond donors (Lipinski definition) is 0. The number of methoxy groups -OCH3 is 1. The maximum atomic E-state index is 11.7. The molecule has 0 aliphatic carbocycles. The van der Waals surface area contributed by atoms with Gasteiger partial charge in [-0.2, -0.15) is 0 Å². The first-order valence-corrected chi connectivity index (χ1v) is 6.48. The lowest BCUT2D eigenvalue weighted by Gasteiger charge is -2.07. The number of ether oxygens (including phenoxy) is 2. The van der Waals surface area contributed by atoms with E-state index in [0.717, 1.165) is 7.11 Å². The van der Waals surface area contributed by atoms with Crippen molar-refractivity contribution in [3.8, 4) is 11.6 Å². The molecule has 0 atom stereocenters. The van der Waals surface area contributed by atoms with Crippen LogP contribution in [0, 0.1) is 0 Å². The van der Waals surface area contributed by atoms with Gasteiger partial charge in [0.05, 0.1) is 17.2 Å². The maximum Gasteiger partial charge on any atom is 0.379 e. The zero-order valence-electron chi connectivity index (χ0n) is 10.8. The van der Waals surface area contributed by atoms with E-state index in [-0.39, 0.29) is 10.6 Å². The molecule has 0 spiro atoms. The minimum absolute atomic E-state index is 0.0416. The second kappa shape index (κ2) is 6.56. The number of Topliss-reactive ketones (excluding diaryl/α,β-unsaturated/α-hetero) is 1. The molecule has 0 amide bonds. The van der Waals surface area contributed by atoms with Gasteiger partial charge in [-0.1, -0.05) is 23.2 Å². The normalized spacial score (nSPS) is 10.0. The Morgan fingerprint density at radius 2 is 1.90 bits per heavy atom. The van der Waals surface area contributed by atoms with Crippen LogP contribution in [-0.2, 0) is 9.53 Å². The minimum Gasteiger partial charge on any atom is -0.463 e. The molecule has 7 heteroatoms. The summed E-state index contributed by atoms with van der Waals surface area (Å²) >= 11 is 11.7. The average molecular weight is 326 g/mol. The number of nitrogens with zero attached hydrogens (tertiary/aromatic N) is 1. The fourth-order valence-electron chi connectivity index (χ4n) is 1.49. The Labute approximate surface area is 130 Å². The lowest BCUT2D eigenvalue weighted by Crippen LogP contribution is -2.16. The minimum atomic E-state index is -0.982. The van der Waals surface area contributed by atoms with Crippen LogP contribution in [0.25, 0.3) is 0 Å². The smallest absolute Gasteiger partial charge is 0.379 e. The number of hydrogen-bond acceptors (Lipinski definition) is 5. The zero-order valence-corrected chi connectivity index (χ0v) is 12.3. The van der Waals surface area contributed by atoms with Crippen LogP contribution in [0.1, 0.15) is 10.4 Å². The molecular weight excluding hydrogens is 317 g/mol. The molecule has 2 rings (SSSR count). The summed E-state index contributed by atoms with van der Waals surface area (Å²) in [5.74, 6) is -1.11. The monoisotopic (exact) mass is 325 g/mol. The Morgan fingerprint density at radius 3 is 2.48 bits per heavy atom. The highest BCUT2D eigenvalue weighted by molar-refractivity contribution is 6.45. The van der Waals surface area contributed by atoms with Crippen molar-refractivity contribution in [1.82, 2.24) is 4.98 Å². The Kier molecular flexibility index (Phi) is 4.77. The van der Waals surface area contributed by atoms with E-state index in [1.165, 1.54) is 24.4 Å². The van der Waals surface area contributed by atoms with E-state index < -0.39 is 11.8 Å². The van der Waals surface area contributed by atoms with Crippen molar-refractivity contribution in [2.45, 2.75) is 0 Å². The highest BCUT2D eigenvalue weighted by atomic mass is 35.5. The van der Waals surface area contributed by atoms with E-state index in [2.05, 4.69) is 9.72 Å². The molecule has 0 unspecified atom stereocenters. The van der Waals surface area contributed by atoms with Crippen molar-refractivity contribution in [2.24, 2.45) is 0 Å². The van der Waals surface area contributed by atoms with Crippen LogP contribution in [0.15, 0.2) is 36.5 Å². The van der Waals surface area contributed by atoms with Crippen molar-refractivity contribution >= 4 is 35.0 Å². The summed E-state index contributed by atoms with van der Waals surface area (Å²) in [5.41, 5.74) is 0.0416. The van der Waals surface area contributed by atoms with Gasteiger partial charge in [-0.15, -0.1) is 0 Å². The summed E-state index contributed by atoms with van der Waals surface area (Å²) in [5, 5.41) is 0.566. The van der Waals surface area contributed by atoms with Crippen LogP contribution < -0.4 is 4.74 Å². The first-order chi connectivity index (χ1) is 10.0. The van der Waals surface area contributed by atoms with Gasteiger partial charge in [0.15, 0.2) is 0 Å². The quantitative estimate of drug-likeness (QED) is 0.488. The number of carbonyl (C=O) groups excluding carboxylic acids is 2. The van der Waals surface area contributed by atoms with Gasteiger partial charge < -0.3 is 9.47 Å².